The molecule has 0 unspecified atom stereocenters. The lowest BCUT2D eigenvalue weighted by Gasteiger charge is -2.24. The van der Waals surface area contributed by atoms with Crippen LogP contribution >= 0.6 is 23.2 Å². The van der Waals surface area contributed by atoms with Gasteiger partial charge in [0.05, 0.1) is 5.02 Å². The molecule has 5 aromatic carbocycles. The second-order valence-electron chi connectivity index (χ2n) is 11.1. The highest BCUT2D eigenvalue weighted by Gasteiger charge is 2.30. The number of nitrogens with zero attached hydrogens (tertiary/aromatic N) is 1. The molecule has 0 atom stereocenters. The first kappa shape index (κ1) is 35.9. The predicted molar refractivity (Wildman–Crippen MR) is 177 cm³/mol. The van der Waals surface area contributed by atoms with E-state index in [1.165, 1.54) is 60.7 Å². The van der Waals surface area contributed by atoms with Gasteiger partial charge >= 0.3 is 0 Å². The number of aromatic hydroxyl groups is 1. The van der Waals surface area contributed by atoms with Gasteiger partial charge in [0.15, 0.2) is 5.75 Å². The highest BCUT2D eigenvalue weighted by atomic mass is 35.5. The number of hydrogen-bond donors (Lipinski definition) is 1. The molecule has 0 aliphatic carbocycles. The molecule has 0 radical (unpaired) electrons. The third kappa shape index (κ3) is 9.39. The van der Waals surface area contributed by atoms with Crippen molar-refractivity contribution in [3.05, 3.63) is 153 Å². The van der Waals surface area contributed by atoms with Gasteiger partial charge in [0.25, 0.3) is 0 Å². The Hall–Kier alpha value is -4.42. The van der Waals surface area contributed by atoms with E-state index in [0.717, 1.165) is 16.4 Å². The molecule has 0 saturated carbocycles. The van der Waals surface area contributed by atoms with E-state index in [-0.39, 0.29) is 65.2 Å². The molecule has 49 heavy (non-hydrogen) atoms. The topological polar surface area (TPSA) is 83.9 Å². The molecular weight excluding hydrogens is 705 g/mol. The van der Waals surface area contributed by atoms with Crippen molar-refractivity contribution in [2.24, 2.45) is 0 Å². The number of halogens is 6. The molecule has 0 heterocycles. The SMILES string of the molecule is O=C(CCc1cc(CN(Cc2ccc(F)cc2)S(=O)(=O)c2cc(Cl)cc(Cl)c2O)cc(Oc2ccc(F)cc2)c1)Cc1ccc(F)cc1F. The van der Waals surface area contributed by atoms with Gasteiger partial charge in [0, 0.05) is 37.0 Å². The number of ketones is 1. The molecule has 0 amide bonds. The van der Waals surface area contributed by atoms with Crippen LogP contribution in [-0.4, -0.2) is 23.6 Å². The summed E-state index contributed by atoms with van der Waals surface area (Å²) in [6, 6.07) is 20.5. The molecule has 0 aliphatic rings. The summed E-state index contributed by atoms with van der Waals surface area (Å²) >= 11 is 12.2. The lowest BCUT2D eigenvalue weighted by Crippen LogP contribution is -2.30. The van der Waals surface area contributed by atoms with Gasteiger partial charge in [-0.2, -0.15) is 4.31 Å². The average molecular weight is 733 g/mol. The van der Waals surface area contributed by atoms with Gasteiger partial charge in [0.1, 0.15) is 45.4 Å². The number of hydrogen-bond acceptors (Lipinski definition) is 5. The molecule has 13 heteroatoms. The minimum Gasteiger partial charge on any atom is -0.505 e. The number of aryl methyl sites for hydroxylation is 1. The van der Waals surface area contributed by atoms with E-state index >= 15 is 0 Å². The number of phenolic OH excluding ortho intramolecular Hbond substituents is 1. The quantitative estimate of drug-likeness (QED) is 0.122. The summed E-state index contributed by atoms with van der Waals surface area (Å²) in [4.78, 5) is 12.3. The monoisotopic (exact) mass is 731 g/mol. The van der Waals surface area contributed by atoms with Crippen LogP contribution in [0.15, 0.2) is 102 Å². The van der Waals surface area contributed by atoms with Crippen molar-refractivity contribution < 1.29 is 40.6 Å². The number of phenols is 1. The van der Waals surface area contributed by atoms with Crippen LogP contribution in [0.25, 0.3) is 0 Å². The van der Waals surface area contributed by atoms with Crippen LogP contribution in [-0.2, 0) is 40.7 Å². The molecular formula is C36H27Cl2F4NO5S. The molecule has 0 bridgehead atoms. The van der Waals surface area contributed by atoms with Crippen molar-refractivity contribution in [1.82, 2.24) is 4.31 Å². The van der Waals surface area contributed by atoms with Gasteiger partial charge in [-0.1, -0.05) is 47.5 Å². The summed E-state index contributed by atoms with van der Waals surface area (Å²) in [6.45, 7) is -0.558. The van der Waals surface area contributed by atoms with E-state index in [0.29, 0.717) is 22.8 Å². The highest BCUT2D eigenvalue weighted by molar-refractivity contribution is 7.89. The second kappa shape index (κ2) is 15.4. The third-order valence-electron chi connectivity index (χ3n) is 7.41. The fraction of sp³-hybridized carbons (Fsp3) is 0.139. The standard InChI is InChI=1S/C36H27Cl2F4NO5S/c37-26-17-33(38)36(45)35(18-26)49(46,47)43(20-22-1-5-27(39)6-2-22)21-24-13-23(14-32(15-24)48-31-11-8-28(40)9-12-31)3-10-30(44)16-25-4-7-29(41)19-34(25)42/h1-2,4-9,11-15,17-19,45H,3,10,16,20-21H2. The molecule has 0 saturated heterocycles. The number of sulfonamides is 1. The highest BCUT2D eigenvalue weighted by Crippen LogP contribution is 2.37. The van der Waals surface area contributed by atoms with E-state index < -0.39 is 43.9 Å². The van der Waals surface area contributed by atoms with Crippen LogP contribution in [0.4, 0.5) is 17.6 Å². The van der Waals surface area contributed by atoms with E-state index in [1.54, 1.807) is 18.2 Å². The third-order valence-corrected chi connectivity index (χ3v) is 9.72. The Morgan fingerprint density at radius 2 is 1.33 bits per heavy atom. The number of benzene rings is 5. The fourth-order valence-corrected chi connectivity index (χ4v) is 7.17. The Balaban J connectivity index is 1.49. The van der Waals surface area contributed by atoms with Gasteiger partial charge in [-0.05, 0) is 95.4 Å². The van der Waals surface area contributed by atoms with Crippen molar-refractivity contribution >= 4 is 39.0 Å². The predicted octanol–water partition coefficient (Wildman–Crippen LogP) is 9.18. The van der Waals surface area contributed by atoms with Crippen LogP contribution in [0.2, 0.25) is 10.0 Å². The molecule has 6 nitrogen and oxygen atoms in total. The minimum absolute atomic E-state index is 0.0368. The first-order chi connectivity index (χ1) is 23.3. The van der Waals surface area contributed by atoms with Crippen LogP contribution in [0.1, 0.15) is 28.7 Å². The van der Waals surface area contributed by atoms with Crippen LogP contribution in [0.3, 0.4) is 0 Å². The molecule has 0 aliphatic heterocycles. The molecule has 1 N–H and O–H groups in total. The van der Waals surface area contributed by atoms with Crippen LogP contribution in [0, 0.1) is 23.3 Å². The van der Waals surface area contributed by atoms with E-state index in [9.17, 15) is 35.9 Å². The van der Waals surface area contributed by atoms with Crippen molar-refractivity contribution in [3.63, 3.8) is 0 Å². The van der Waals surface area contributed by atoms with Crippen molar-refractivity contribution in [2.75, 3.05) is 0 Å². The van der Waals surface area contributed by atoms with Crippen molar-refractivity contribution in [3.8, 4) is 17.2 Å². The summed E-state index contributed by atoms with van der Waals surface area (Å²) in [5.41, 5.74) is 1.42. The Labute approximate surface area is 290 Å². The maximum absolute atomic E-state index is 14.2. The van der Waals surface area contributed by atoms with Crippen molar-refractivity contribution in [2.45, 2.75) is 37.2 Å². The summed E-state index contributed by atoms with van der Waals surface area (Å²) in [7, 11) is -4.52. The Morgan fingerprint density at radius 3 is 2.00 bits per heavy atom. The maximum Gasteiger partial charge on any atom is 0.247 e. The smallest absolute Gasteiger partial charge is 0.247 e. The molecule has 0 aromatic heterocycles. The minimum atomic E-state index is -4.52. The zero-order valence-electron chi connectivity index (χ0n) is 25.5. The Kier molecular flexibility index (Phi) is 11.3. The molecule has 254 valence electrons. The lowest BCUT2D eigenvalue weighted by molar-refractivity contribution is -0.118. The number of carbonyl (C=O) groups excluding carboxylic acids is 1. The number of ether oxygens (including phenoxy) is 1. The second-order valence-corrected chi connectivity index (χ2v) is 13.9. The first-order valence-electron chi connectivity index (χ1n) is 14.7. The summed E-state index contributed by atoms with van der Waals surface area (Å²) in [6.07, 6.45) is -0.159. The van der Waals surface area contributed by atoms with E-state index in [4.69, 9.17) is 27.9 Å². The largest absolute Gasteiger partial charge is 0.505 e. The van der Waals surface area contributed by atoms with Gasteiger partial charge in [-0.3, -0.25) is 4.79 Å². The first-order valence-corrected chi connectivity index (χ1v) is 16.9. The molecule has 0 fully saturated rings. The maximum atomic E-state index is 14.2. The van der Waals surface area contributed by atoms with Crippen molar-refractivity contribution in [1.29, 1.82) is 0 Å². The zero-order chi connectivity index (χ0) is 35.3. The van der Waals surface area contributed by atoms with Gasteiger partial charge < -0.3 is 9.84 Å². The zero-order valence-corrected chi connectivity index (χ0v) is 27.8. The van der Waals surface area contributed by atoms with E-state index in [1.807, 2.05) is 0 Å². The number of rotatable bonds is 13. The average Bonchev–Trinajstić information content (AvgIpc) is 3.05. The molecule has 5 rings (SSSR count). The van der Waals surface area contributed by atoms with Crippen LogP contribution < -0.4 is 4.74 Å². The summed E-state index contributed by atoms with van der Waals surface area (Å²) in [5, 5.41) is 10.3. The molecule has 0 spiro atoms. The van der Waals surface area contributed by atoms with Gasteiger partial charge in [-0.25, -0.2) is 26.0 Å². The number of Topliss-reactive ketones (excluding diaryl/α,β-unsaturated/α-hetero) is 1. The summed E-state index contributed by atoms with van der Waals surface area (Å²) < 4.78 is 89.9. The Bertz CT molecular complexity index is 2100. The van der Waals surface area contributed by atoms with Crippen LogP contribution in [0.5, 0.6) is 17.2 Å². The fourth-order valence-electron chi connectivity index (χ4n) is 5.01. The Morgan fingerprint density at radius 1 is 0.714 bits per heavy atom. The van der Waals surface area contributed by atoms with Gasteiger partial charge in [-0.15, -0.1) is 0 Å². The summed E-state index contributed by atoms with van der Waals surface area (Å²) in [5.74, 6) is -3.12. The molecule has 5 aromatic rings. The lowest BCUT2D eigenvalue weighted by atomic mass is 10.0. The van der Waals surface area contributed by atoms with E-state index in [2.05, 4.69) is 0 Å². The number of carbonyl (C=O) groups is 1. The van der Waals surface area contributed by atoms with Gasteiger partial charge in [0.2, 0.25) is 10.0 Å². The normalized spacial score (nSPS) is 11.6.